The predicted molar refractivity (Wildman–Crippen MR) is 127 cm³/mol. The van der Waals surface area contributed by atoms with Crippen molar-refractivity contribution in [2.24, 2.45) is 4.99 Å². The molecular weight excluding hydrogens is 446 g/mol. The average Bonchev–Trinajstić information content (AvgIpc) is 3.39. The number of nitrogens with zero attached hydrogens (tertiary/aromatic N) is 5. The van der Waals surface area contributed by atoms with Crippen molar-refractivity contribution in [3.63, 3.8) is 0 Å². The summed E-state index contributed by atoms with van der Waals surface area (Å²) < 4.78 is 5.35. The number of nitrogens with one attached hydrogen (secondary N) is 2. The van der Waals surface area contributed by atoms with Crippen molar-refractivity contribution in [3.05, 3.63) is 107 Å². The average molecular weight is 467 g/mol. The molecule has 2 heterocycles. The van der Waals surface area contributed by atoms with Crippen LogP contribution in [0, 0.1) is 0 Å². The van der Waals surface area contributed by atoms with Crippen LogP contribution in [0.4, 0.5) is 10.5 Å². The molecule has 0 saturated heterocycles. The topological polar surface area (TPSA) is 125 Å². The number of anilines is 1. The third kappa shape index (κ3) is 4.91. The number of ether oxygens (including phenoxy) is 1. The number of carbonyl (C=O) groups is 2. The largest absolute Gasteiger partial charge is 0.445 e. The van der Waals surface area contributed by atoms with Gasteiger partial charge in [-0.2, -0.15) is 5.21 Å². The molecule has 35 heavy (non-hydrogen) atoms. The number of amides is 2. The summed E-state index contributed by atoms with van der Waals surface area (Å²) in [5, 5.41) is 16.6. The van der Waals surface area contributed by atoms with Gasteiger partial charge in [-0.15, -0.1) is 10.2 Å². The van der Waals surface area contributed by atoms with Crippen LogP contribution in [0.3, 0.4) is 0 Å². The SMILES string of the molecule is O=C(NC1N=C(c2ccccc2)c2ccccc2N(Cc2nn[nH]n2)C1=O)OCc1ccccc1. The summed E-state index contributed by atoms with van der Waals surface area (Å²) >= 11 is 0. The molecule has 0 spiro atoms. The Morgan fingerprint density at radius 2 is 1.69 bits per heavy atom. The van der Waals surface area contributed by atoms with Crippen LogP contribution in [0.25, 0.3) is 0 Å². The van der Waals surface area contributed by atoms with E-state index >= 15 is 0 Å². The van der Waals surface area contributed by atoms with Gasteiger partial charge in [-0.1, -0.05) is 84.1 Å². The van der Waals surface area contributed by atoms with E-state index in [1.165, 1.54) is 4.90 Å². The second kappa shape index (κ2) is 9.96. The van der Waals surface area contributed by atoms with E-state index in [9.17, 15) is 9.59 Å². The maximum absolute atomic E-state index is 13.7. The zero-order valence-corrected chi connectivity index (χ0v) is 18.5. The Labute approximate surface area is 200 Å². The van der Waals surface area contributed by atoms with Crippen molar-refractivity contribution >= 4 is 23.4 Å². The fourth-order valence-electron chi connectivity index (χ4n) is 3.78. The maximum atomic E-state index is 13.7. The number of fused-ring (bicyclic) bond motifs is 1. The Hall–Kier alpha value is -4.86. The third-order valence-electron chi connectivity index (χ3n) is 5.41. The van der Waals surface area contributed by atoms with Gasteiger partial charge in [0.15, 0.2) is 5.82 Å². The van der Waals surface area contributed by atoms with E-state index in [0.29, 0.717) is 17.2 Å². The molecule has 1 atom stereocenters. The highest BCUT2D eigenvalue weighted by molar-refractivity contribution is 6.20. The Kier molecular flexibility index (Phi) is 6.25. The van der Waals surface area contributed by atoms with Crippen LogP contribution in [0.1, 0.15) is 22.5 Å². The van der Waals surface area contributed by atoms with E-state index in [1.54, 1.807) is 0 Å². The predicted octanol–water partition coefficient (Wildman–Crippen LogP) is 2.84. The van der Waals surface area contributed by atoms with Gasteiger partial charge in [0.1, 0.15) is 6.61 Å². The van der Waals surface area contributed by atoms with Crippen molar-refractivity contribution < 1.29 is 14.3 Å². The number of alkyl carbamates (subject to hydrolysis) is 1. The Balaban J connectivity index is 1.49. The van der Waals surface area contributed by atoms with E-state index in [0.717, 1.165) is 16.7 Å². The number of aliphatic imine (C=N–C) groups is 1. The molecule has 10 nitrogen and oxygen atoms in total. The van der Waals surface area contributed by atoms with Crippen LogP contribution in [-0.2, 0) is 22.7 Å². The van der Waals surface area contributed by atoms with Crippen molar-refractivity contribution in [2.75, 3.05) is 4.90 Å². The monoisotopic (exact) mass is 467 g/mol. The minimum Gasteiger partial charge on any atom is -0.445 e. The van der Waals surface area contributed by atoms with Gasteiger partial charge < -0.3 is 9.64 Å². The van der Waals surface area contributed by atoms with E-state index in [4.69, 9.17) is 9.73 Å². The lowest BCUT2D eigenvalue weighted by atomic mass is 10.0. The number of para-hydroxylation sites is 1. The van der Waals surface area contributed by atoms with E-state index in [1.807, 2.05) is 84.9 Å². The number of tetrazole rings is 1. The number of hydrogen-bond acceptors (Lipinski definition) is 7. The zero-order valence-electron chi connectivity index (χ0n) is 18.5. The molecule has 174 valence electrons. The summed E-state index contributed by atoms with van der Waals surface area (Å²) in [6, 6.07) is 26.2. The number of aromatic amines is 1. The Bertz CT molecular complexity index is 1340. The van der Waals surface area contributed by atoms with Gasteiger partial charge in [0.05, 0.1) is 17.9 Å². The van der Waals surface area contributed by atoms with Gasteiger partial charge in [-0.3, -0.25) is 10.1 Å². The molecule has 1 aliphatic heterocycles. The van der Waals surface area contributed by atoms with E-state index in [-0.39, 0.29) is 13.2 Å². The first kappa shape index (κ1) is 22.0. The van der Waals surface area contributed by atoms with Crippen molar-refractivity contribution in [1.29, 1.82) is 0 Å². The first-order valence-corrected chi connectivity index (χ1v) is 10.9. The summed E-state index contributed by atoms with van der Waals surface area (Å²) in [4.78, 5) is 32.5. The minimum atomic E-state index is -1.23. The van der Waals surface area contributed by atoms with Crippen LogP contribution in [0.5, 0.6) is 0 Å². The quantitative estimate of drug-likeness (QED) is 0.449. The number of aromatic nitrogens is 4. The van der Waals surface area contributed by atoms with Crippen LogP contribution in [-0.4, -0.2) is 44.5 Å². The second-order valence-electron chi connectivity index (χ2n) is 7.72. The molecule has 0 aliphatic carbocycles. The Morgan fingerprint density at radius 3 is 2.43 bits per heavy atom. The van der Waals surface area contributed by atoms with Gasteiger partial charge in [0.25, 0.3) is 5.91 Å². The first-order chi connectivity index (χ1) is 17.2. The fraction of sp³-hybridized carbons (Fsp3) is 0.120. The third-order valence-corrected chi connectivity index (χ3v) is 5.41. The first-order valence-electron chi connectivity index (χ1n) is 10.9. The standard InChI is InChI=1S/C25H21N7O3/c33-24-23(27-25(34)35-16-17-9-3-1-4-10-17)26-22(18-11-5-2-6-12-18)19-13-7-8-14-20(19)32(24)15-21-28-30-31-29-21/h1-14,23H,15-16H2,(H,27,34)(H,28,29,30,31). The van der Waals surface area contributed by atoms with E-state index in [2.05, 4.69) is 25.9 Å². The molecule has 5 rings (SSSR count). The maximum Gasteiger partial charge on any atom is 0.409 e. The summed E-state index contributed by atoms with van der Waals surface area (Å²) in [6.45, 7) is 0.108. The van der Waals surface area contributed by atoms with Crippen molar-refractivity contribution in [3.8, 4) is 0 Å². The molecule has 3 aromatic carbocycles. The van der Waals surface area contributed by atoms with Gasteiger partial charge in [0, 0.05) is 11.1 Å². The van der Waals surface area contributed by atoms with Crippen molar-refractivity contribution in [1.82, 2.24) is 25.9 Å². The van der Waals surface area contributed by atoms with Crippen molar-refractivity contribution in [2.45, 2.75) is 19.3 Å². The molecule has 0 saturated carbocycles. The molecule has 0 fully saturated rings. The summed E-state index contributed by atoms with van der Waals surface area (Å²) in [6.07, 6.45) is -1.98. The molecule has 4 aromatic rings. The van der Waals surface area contributed by atoms with Gasteiger partial charge >= 0.3 is 6.09 Å². The number of benzodiazepines with no additional fused rings is 1. The molecule has 10 heteroatoms. The van der Waals surface area contributed by atoms with Gasteiger partial charge in [-0.25, -0.2) is 9.79 Å². The van der Waals surface area contributed by atoms with Crippen LogP contribution in [0.2, 0.25) is 0 Å². The molecule has 0 bridgehead atoms. The second-order valence-corrected chi connectivity index (χ2v) is 7.72. The Morgan fingerprint density at radius 1 is 0.971 bits per heavy atom. The van der Waals surface area contributed by atoms with Gasteiger partial charge in [0.2, 0.25) is 6.17 Å². The summed E-state index contributed by atoms with van der Waals surface area (Å²) in [7, 11) is 0. The molecule has 2 N–H and O–H groups in total. The number of hydrogen-bond donors (Lipinski definition) is 2. The summed E-state index contributed by atoms with van der Waals surface area (Å²) in [5.41, 5.74) is 3.55. The molecular formula is C25H21N7O3. The summed E-state index contributed by atoms with van der Waals surface area (Å²) in [5.74, 6) is -0.133. The highest BCUT2D eigenvalue weighted by atomic mass is 16.5. The fourth-order valence-corrected chi connectivity index (χ4v) is 3.78. The molecule has 2 amide bonds. The number of benzene rings is 3. The zero-order chi connectivity index (χ0) is 24.0. The van der Waals surface area contributed by atoms with Crippen LogP contribution in [0.15, 0.2) is 89.9 Å². The minimum absolute atomic E-state index is 0.0428. The van der Waals surface area contributed by atoms with Gasteiger partial charge in [-0.05, 0) is 11.6 Å². The number of H-pyrrole nitrogens is 1. The normalized spacial score (nSPS) is 15.1. The lowest BCUT2D eigenvalue weighted by Crippen LogP contribution is -2.47. The molecule has 1 aromatic heterocycles. The number of carbonyl (C=O) groups excluding carboxylic acids is 2. The highest BCUT2D eigenvalue weighted by Gasteiger charge is 2.34. The molecule has 0 radical (unpaired) electrons. The smallest absolute Gasteiger partial charge is 0.409 e. The van der Waals surface area contributed by atoms with Crippen LogP contribution >= 0.6 is 0 Å². The number of rotatable bonds is 6. The van der Waals surface area contributed by atoms with E-state index < -0.39 is 18.2 Å². The molecule has 1 aliphatic rings. The lowest BCUT2D eigenvalue weighted by Gasteiger charge is -2.24. The van der Waals surface area contributed by atoms with Crippen LogP contribution < -0.4 is 10.2 Å². The lowest BCUT2D eigenvalue weighted by molar-refractivity contribution is -0.120. The molecule has 1 unspecified atom stereocenters. The highest BCUT2D eigenvalue weighted by Crippen LogP contribution is 2.29.